The molecule has 11 atom stereocenters. The van der Waals surface area contributed by atoms with Crippen molar-refractivity contribution in [1.29, 1.82) is 0 Å². The zero-order valence-electron chi connectivity index (χ0n) is 57.6. The molecule has 35 heteroatoms. The van der Waals surface area contributed by atoms with Crippen molar-refractivity contribution in [3.8, 4) is 0 Å². The molecule has 0 aromatic rings. The van der Waals surface area contributed by atoms with Gasteiger partial charge in [-0.15, -0.1) is 0 Å². The first-order valence-electron chi connectivity index (χ1n) is 33.9. The second-order valence-electron chi connectivity index (χ2n) is 24.7. The maximum absolute atomic E-state index is 14.9. The molecule has 35 nitrogen and oxygen atoms in total. The molecule has 1 heterocycles. The maximum atomic E-state index is 14.9. The first-order valence-corrected chi connectivity index (χ1v) is 33.9. The number of carbonyl (C=O) groups excluding carboxylic acids is 12. The summed E-state index contributed by atoms with van der Waals surface area (Å²) in [5, 5.41) is 50.8. The second-order valence-corrected chi connectivity index (χ2v) is 24.7. The summed E-state index contributed by atoms with van der Waals surface area (Å²) in [4.78, 5) is 170. The normalized spacial score (nSPS) is 22.1. The highest BCUT2D eigenvalue weighted by Crippen LogP contribution is 2.28. The van der Waals surface area contributed by atoms with E-state index in [4.69, 9.17) is 47.6 Å². The summed E-state index contributed by atoms with van der Waals surface area (Å²) in [6, 6.07) is -13.6. The van der Waals surface area contributed by atoms with E-state index in [2.05, 4.69) is 58.5 Å². The number of aliphatic hydroxyl groups is 2. The third kappa shape index (κ3) is 31.7. The molecule has 97 heavy (non-hydrogen) atoms. The van der Waals surface area contributed by atoms with Gasteiger partial charge in [-0.25, -0.2) is 0 Å². The number of methoxy groups -OCH3 is 1. The van der Waals surface area contributed by atoms with Gasteiger partial charge >= 0.3 is 0 Å². The van der Waals surface area contributed by atoms with Crippen molar-refractivity contribution in [2.24, 2.45) is 34.6 Å². The van der Waals surface area contributed by atoms with Crippen LogP contribution in [0.3, 0.4) is 0 Å². The average Bonchev–Trinajstić information content (AvgIpc) is 0.900. The van der Waals surface area contributed by atoms with Crippen LogP contribution in [0.1, 0.15) is 137 Å². The Hall–Kier alpha value is -6.80. The molecule has 556 valence electrons. The Balaban J connectivity index is 2.56. The van der Waals surface area contributed by atoms with E-state index in [-0.39, 0.29) is 123 Å². The number of likely N-dealkylation sites (N-methyl/N-ethyl adjacent to an activating group) is 1. The van der Waals surface area contributed by atoms with E-state index in [0.29, 0.717) is 45.7 Å². The van der Waals surface area contributed by atoms with Gasteiger partial charge in [0.25, 0.3) is 0 Å². The lowest BCUT2D eigenvalue weighted by Crippen LogP contribution is -2.64. The first kappa shape index (κ1) is 86.3. The molecule has 0 aromatic carbocycles. The molecule has 0 bridgehead atoms. The summed E-state index contributed by atoms with van der Waals surface area (Å²) < 4.78 is 21.4. The van der Waals surface area contributed by atoms with Crippen molar-refractivity contribution in [3.63, 3.8) is 0 Å². The van der Waals surface area contributed by atoms with Gasteiger partial charge in [-0.1, -0.05) is 59.3 Å². The number of ether oxygens (including phenoxy) is 4. The highest BCUT2D eigenvalue weighted by Gasteiger charge is 2.43. The molecule has 0 spiro atoms. The van der Waals surface area contributed by atoms with Gasteiger partial charge in [0.05, 0.1) is 65.0 Å². The molecule has 12 amide bonds. The maximum Gasteiger partial charge on any atom is 0.246 e. The molecule has 23 N–H and O–H groups in total. The molecule has 2 rings (SSSR count). The summed E-state index contributed by atoms with van der Waals surface area (Å²) in [6.45, 7) is 6.51. The third-order valence-corrected chi connectivity index (χ3v) is 16.3. The van der Waals surface area contributed by atoms with Crippen LogP contribution in [-0.4, -0.2) is 264 Å². The molecule has 1 aliphatic heterocycles. The fourth-order valence-corrected chi connectivity index (χ4v) is 10.9. The summed E-state index contributed by atoms with van der Waals surface area (Å²) >= 11 is 0. The van der Waals surface area contributed by atoms with Gasteiger partial charge in [0.1, 0.15) is 59.9 Å². The largest absolute Gasteiger partial charge is 0.391 e. The Morgan fingerprint density at radius 1 is 0.588 bits per heavy atom. The molecule has 2 fully saturated rings. The third-order valence-electron chi connectivity index (χ3n) is 16.3. The summed E-state index contributed by atoms with van der Waals surface area (Å²) in [5.41, 5.74) is 28.1. The molecule has 0 unspecified atom stereocenters. The zero-order chi connectivity index (χ0) is 72.5. The summed E-state index contributed by atoms with van der Waals surface area (Å²) in [6.07, 6.45) is -0.247. The highest BCUT2D eigenvalue weighted by atomic mass is 16.6. The lowest BCUT2D eigenvalue weighted by Gasteiger charge is -2.36. The van der Waals surface area contributed by atoms with Crippen LogP contribution in [0.2, 0.25) is 0 Å². The minimum absolute atomic E-state index is 0.0287. The number of rotatable bonds is 37. The van der Waals surface area contributed by atoms with E-state index in [1.54, 1.807) is 27.9 Å². The van der Waals surface area contributed by atoms with E-state index >= 15 is 0 Å². The first-order chi connectivity index (χ1) is 46.3. The van der Waals surface area contributed by atoms with Crippen LogP contribution in [0, 0.1) is 5.92 Å². The fourth-order valence-electron chi connectivity index (χ4n) is 10.9. The number of hydrogen-bond donors (Lipinski definition) is 18. The summed E-state index contributed by atoms with van der Waals surface area (Å²) in [7, 11) is 2.75. The molecular weight excluding hydrogens is 1270 g/mol. The van der Waals surface area contributed by atoms with Crippen molar-refractivity contribution in [1.82, 2.24) is 63.4 Å². The van der Waals surface area contributed by atoms with Gasteiger partial charge in [-0.2, -0.15) is 0 Å². The number of carbonyl (C=O) groups is 12. The molecule has 1 aliphatic carbocycles. The molecule has 2 aliphatic rings. The molecule has 0 aromatic heterocycles. The number of aliphatic hydroxyl groups excluding tert-OH is 2. The van der Waals surface area contributed by atoms with E-state index in [1.807, 2.05) is 0 Å². The highest BCUT2D eigenvalue weighted by molar-refractivity contribution is 5.99. The zero-order valence-corrected chi connectivity index (χ0v) is 57.6. The van der Waals surface area contributed by atoms with E-state index in [1.165, 1.54) is 14.0 Å². The number of nitrogens with two attached hydrogens (primary N) is 5. The van der Waals surface area contributed by atoms with Crippen LogP contribution in [0.25, 0.3) is 0 Å². The SMILES string of the molecule is CCC[C@@H](O)[C@H](NC(=O)[C@H](CCN)NC(=O)C1(NC(=O)CCOCCOCCOCCOC)CCCCCCC1)C(=O)N[C@@H](CCN)C(=O)N(C)[C@H]1CCNC(=O)[C@H]([C@@H](C)O)NC(=O)[C@H](CCN)NC(=O)[C@H](CCN)NC(=O)[C@H](CC(C)C)NC(=O)CNC(=O)[C@H](CCN)NC1=O. The molecule has 0 radical (unpaired) electrons. The van der Waals surface area contributed by atoms with Crippen LogP contribution in [0.5, 0.6) is 0 Å². The summed E-state index contributed by atoms with van der Waals surface area (Å²) in [5.74, 6) is -10.7. The monoisotopic (exact) mass is 1390 g/mol. The van der Waals surface area contributed by atoms with Crippen molar-refractivity contribution in [2.45, 2.75) is 209 Å². The van der Waals surface area contributed by atoms with Crippen molar-refractivity contribution in [2.75, 3.05) is 106 Å². The van der Waals surface area contributed by atoms with Crippen LogP contribution in [0.4, 0.5) is 0 Å². The average molecular weight is 1390 g/mol. The predicted octanol–water partition coefficient (Wildman–Crippen LogP) is -6.65. The number of hydrogen-bond acceptors (Lipinski definition) is 23. The standard InChI is InChI=1S/C62H115N17O18/c1-7-13-47(81)51(77-55(87)43(17-26-66)75-61(93)62(21-11-9-8-10-12-22-62)78-48(82)20-29-95-32-33-97-35-34-96-31-30-94-6)59(91)74-44(18-27-67)60(92)79(5)46-19-28-68-58(90)50(39(4)80)76-54(86)42(16-25-65)71-53(85)41(15-24-64)72-56(88)45(36-38(2)3)70-49(83)37-69-52(84)40(14-23-63)73-57(46)89/h38-47,50-51,80-81H,7-37,63-67H2,1-6H3,(H,68,90)(H,69,84)(H,70,83)(H,71,85)(H,72,88)(H,73,89)(H,74,91)(H,75,93)(H,76,86)(H,77,87)(H,78,82)/t39-,40+,41+,42+,43+,44+,45+,46+,47-,50+,51+/m1/s1. The Labute approximate surface area is 568 Å². The van der Waals surface area contributed by atoms with E-state index in [9.17, 15) is 67.7 Å². The van der Waals surface area contributed by atoms with E-state index < -0.39 is 163 Å². The van der Waals surface area contributed by atoms with Crippen molar-refractivity contribution < 1.29 is 86.7 Å². The van der Waals surface area contributed by atoms with Crippen molar-refractivity contribution in [3.05, 3.63) is 0 Å². The van der Waals surface area contributed by atoms with Gasteiger partial charge in [-0.05, 0) is 110 Å². The molecule has 1 saturated heterocycles. The topological polar surface area (TPSA) is 548 Å². The smallest absolute Gasteiger partial charge is 0.246 e. The van der Waals surface area contributed by atoms with Crippen LogP contribution >= 0.6 is 0 Å². The van der Waals surface area contributed by atoms with Gasteiger partial charge < -0.3 is 121 Å². The fraction of sp³-hybridized carbons (Fsp3) is 0.806. The Morgan fingerprint density at radius 2 is 1.10 bits per heavy atom. The molecule has 1 saturated carbocycles. The predicted molar refractivity (Wildman–Crippen MR) is 355 cm³/mol. The number of amides is 12. The van der Waals surface area contributed by atoms with Gasteiger partial charge in [0.15, 0.2) is 0 Å². The number of nitrogens with zero attached hydrogens (tertiary/aromatic N) is 1. The Morgan fingerprint density at radius 3 is 1.64 bits per heavy atom. The van der Waals surface area contributed by atoms with Crippen LogP contribution in [0.15, 0.2) is 0 Å². The molecular formula is C62H115N17O18. The minimum Gasteiger partial charge on any atom is -0.391 e. The minimum atomic E-state index is -1.78. The lowest BCUT2D eigenvalue weighted by atomic mass is 9.82. The quantitative estimate of drug-likeness (QED) is 0.0257. The Bertz CT molecular complexity index is 2460. The van der Waals surface area contributed by atoms with Gasteiger partial charge in [0.2, 0.25) is 70.9 Å². The second kappa shape index (κ2) is 48.0. The van der Waals surface area contributed by atoms with Crippen molar-refractivity contribution >= 4 is 70.9 Å². The van der Waals surface area contributed by atoms with Gasteiger partial charge in [0, 0.05) is 27.1 Å². The Kier molecular flexibility index (Phi) is 42.7. The van der Waals surface area contributed by atoms with E-state index in [0.717, 1.165) is 24.2 Å². The number of nitrogens with one attached hydrogen (secondary N) is 11. The van der Waals surface area contributed by atoms with Gasteiger partial charge in [-0.3, -0.25) is 57.5 Å². The van der Waals surface area contributed by atoms with Crippen LogP contribution < -0.4 is 87.2 Å². The van der Waals surface area contributed by atoms with Crippen LogP contribution in [-0.2, 0) is 76.5 Å². The lowest BCUT2D eigenvalue weighted by molar-refractivity contribution is -0.144.